The van der Waals surface area contributed by atoms with Crippen molar-refractivity contribution in [2.75, 3.05) is 7.11 Å². The van der Waals surface area contributed by atoms with E-state index in [4.69, 9.17) is 13.9 Å². The van der Waals surface area contributed by atoms with Crippen molar-refractivity contribution in [3.63, 3.8) is 0 Å². The minimum atomic E-state index is -0.632. The fourth-order valence-corrected chi connectivity index (χ4v) is 2.80. The van der Waals surface area contributed by atoms with E-state index in [0.29, 0.717) is 16.7 Å². The molecule has 2 aromatic carbocycles. The van der Waals surface area contributed by atoms with Gasteiger partial charge in [0.05, 0.1) is 18.1 Å². The predicted octanol–water partition coefficient (Wildman–Crippen LogP) is 3.81. The zero-order chi connectivity index (χ0) is 19.5. The van der Waals surface area contributed by atoms with Crippen LogP contribution in [-0.4, -0.2) is 19.0 Å². The topological polar surface area (TPSA) is 78.1 Å². The summed E-state index contributed by atoms with van der Waals surface area (Å²) >= 11 is 0. The molecule has 0 bridgehead atoms. The van der Waals surface area contributed by atoms with Crippen LogP contribution in [-0.2, 0) is 9.53 Å². The van der Waals surface area contributed by atoms with Gasteiger partial charge in [-0.15, -0.1) is 0 Å². The van der Waals surface area contributed by atoms with Gasteiger partial charge in [-0.25, -0.2) is 9.79 Å². The van der Waals surface area contributed by atoms with Gasteiger partial charge in [0.2, 0.25) is 5.90 Å². The summed E-state index contributed by atoms with van der Waals surface area (Å²) in [5.41, 5.74) is 1.31. The van der Waals surface area contributed by atoms with Crippen LogP contribution in [0.1, 0.15) is 11.1 Å². The molecule has 6 nitrogen and oxygen atoms in total. The summed E-state index contributed by atoms with van der Waals surface area (Å²) in [6, 6.07) is 14.3. The first-order valence-corrected chi connectivity index (χ1v) is 8.50. The summed E-state index contributed by atoms with van der Waals surface area (Å²) < 4.78 is 15.9. The lowest BCUT2D eigenvalue weighted by atomic mass is 10.1. The average Bonchev–Trinajstić information content (AvgIpc) is 3.08. The normalized spacial score (nSPS) is 15.2. The Balaban J connectivity index is 1.65. The highest BCUT2D eigenvalue weighted by atomic mass is 16.6. The van der Waals surface area contributed by atoms with Crippen LogP contribution in [0.4, 0.5) is 0 Å². The highest BCUT2D eigenvalue weighted by Crippen LogP contribution is 2.21. The molecule has 0 saturated heterocycles. The fourth-order valence-electron chi connectivity index (χ4n) is 2.80. The maximum absolute atomic E-state index is 12.6. The van der Waals surface area contributed by atoms with Gasteiger partial charge in [0.25, 0.3) is 0 Å². The molecule has 0 radical (unpaired) electrons. The van der Waals surface area contributed by atoms with Crippen LogP contribution in [0.25, 0.3) is 23.1 Å². The lowest BCUT2D eigenvalue weighted by Gasteiger charge is -2.02. The summed E-state index contributed by atoms with van der Waals surface area (Å²) in [6.07, 6.45) is 5.98. The molecule has 6 heteroatoms. The molecule has 2 heterocycles. The van der Waals surface area contributed by atoms with E-state index < -0.39 is 5.97 Å². The third kappa shape index (κ3) is 3.35. The Bertz CT molecular complexity index is 1220. The lowest BCUT2D eigenvalue weighted by Crippen LogP contribution is -2.06. The van der Waals surface area contributed by atoms with E-state index in [1.807, 2.05) is 24.3 Å². The molecular formula is C22H15NO5. The van der Waals surface area contributed by atoms with Crippen LogP contribution in [0, 0.1) is 0 Å². The van der Waals surface area contributed by atoms with Crippen LogP contribution < -0.4 is 10.2 Å². The number of hydrogen-bond acceptors (Lipinski definition) is 6. The van der Waals surface area contributed by atoms with Crippen molar-refractivity contribution in [1.29, 1.82) is 0 Å². The Labute approximate surface area is 160 Å². The number of nitrogens with zero attached hydrogens (tertiary/aromatic N) is 1. The van der Waals surface area contributed by atoms with Gasteiger partial charge < -0.3 is 13.9 Å². The number of methoxy groups -OCH3 is 1. The van der Waals surface area contributed by atoms with E-state index >= 15 is 0 Å². The van der Waals surface area contributed by atoms with Gasteiger partial charge in [-0.3, -0.25) is 4.79 Å². The van der Waals surface area contributed by atoms with Gasteiger partial charge in [-0.1, -0.05) is 30.3 Å². The molecule has 0 aliphatic carbocycles. The highest BCUT2D eigenvalue weighted by molar-refractivity contribution is 6.11. The van der Waals surface area contributed by atoms with Crippen molar-refractivity contribution >= 4 is 35.0 Å². The number of cyclic esters (lactones) is 1. The molecule has 1 aliphatic rings. The fraction of sp³-hybridized carbons (Fsp3) is 0.0455. The molecule has 0 N–H and O–H groups in total. The summed E-state index contributed by atoms with van der Waals surface area (Å²) in [7, 11) is 1.58. The molecule has 1 aliphatic heterocycles. The molecule has 1 aromatic heterocycles. The number of aliphatic imine (C=N–C) groups is 1. The maximum Gasteiger partial charge on any atom is 0.363 e. The zero-order valence-electron chi connectivity index (χ0n) is 14.9. The molecule has 0 amide bonds. The number of ether oxygens (including phenoxy) is 2. The van der Waals surface area contributed by atoms with Gasteiger partial charge in [0.15, 0.2) is 11.1 Å². The van der Waals surface area contributed by atoms with E-state index in [0.717, 1.165) is 5.56 Å². The Morgan fingerprint density at radius 3 is 2.61 bits per heavy atom. The first-order valence-electron chi connectivity index (χ1n) is 8.50. The number of esters is 1. The molecule has 3 aromatic rings. The second-order valence-electron chi connectivity index (χ2n) is 5.96. The van der Waals surface area contributed by atoms with E-state index in [2.05, 4.69) is 4.99 Å². The average molecular weight is 373 g/mol. The van der Waals surface area contributed by atoms with Crippen LogP contribution in [0.2, 0.25) is 0 Å². The predicted molar refractivity (Wildman–Crippen MR) is 106 cm³/mol. The molecule has 4 rings (SSSR count). The number of carbonyl (C=O) groups excluding carboxylic acids is 1. The summed E-state index contributed by atoms with van der Waals surface area (Å²) in [4.78, 5) is 28.8. The molecule has 0 saturated carbocycles. The van der Waals surface area contributed by atoms with Crippen molar-refractivity contribution in [2.24, 2.45) is 4.99 Å². The summed E-state index contributed by atoms with van der Waals surface area (Å²) in [5.74, 6) is 0.188. The highest BCUT2D eigenvalue weighted by Gasteiger charge is 2.22. The van der Waals surface area contributed by atoms with Crippen LogP contribution in [0.5, 0.6) is 5.75 Å². The van der Waals surface area contributed by atoms with Gasteiger partial charge >= 0.3 is 5.97 Å². The quantitative estimate of drug-likeness (QED) is 0.513. The third-order valence-corrected chi connectivity index (χ3v) is 4.18. The number of hydrogen-bond donors (Lipinski definition) is 0. The Hall–Kier alpha value is -3.93. The third-order valence-electron chi connectivity index (χ3n) is 4.18. The Morgan fingerprint density at radius 2 is 1.75 bits per heavy atom. The molecule has 0 atom stereocenters. The second kappa shape index (κ2) is 7.36. The minimum Gasteiger partial charge on any atom is -0.496 e. The monoisotopic (exact) mass is 373 g/mol. The van der Waals surface area contributed by atoms with Crippen molar-refractivity contribution < 1.29 is 18.7 Å². The van der Waals surface area contributed by atoms with Crippen molar-refractivity contribution in [3.8, 4) is 5.75 Å². The number of rotatable bonds is 4. The molecule has 138 valence electrons. The minimum absolute atomic E-state index is 0.0299. The summed E-state index contributed by atoms with van der Waals surface area (Å²) in [6.45, 7) is 0. The smallest absolute Gasteiger partial charge is 0.363 e. The Kier molecular flexibility index (Phi) is 4.60. The van der Waals surface area contributed by atoms with E-state index in [1.54, 1.807) is 43.5 Å². The molecule has 0 unspecified atom stereocenters. The lowest BCUT2D eigenvalue weighted by molar-refractivity contribution is -0.129. The Morgan fingerprint density at radius 1 is 0.964 bits per heavy atom. The standard InChI is InChI=1S/C22H15NO5/c1-26-18-8-4-2-6-14(18)10-11-20-23-17(22(25)28-20)12-15-13-27-19-9-5-3-7-16(19)21(15)24/h2-13H,1H3. The van der Waals surface area contributed by atoms with E-state index in [-0.39, 0.29) is 22.6 Å². The maximum atomic E-state index is 12.6. The molecule has 28 heavy (non-hydrogen) atoms. The SMILES string of the molecule is COc1ccccc1C=CC1=NC(=Cc2coc3ccccc3c2=O)C(=O)O1. The molecular weight excluding hydrogens is 358 g/mol. The first kappa shape index (κ1) is 17.5. The van der Waals surface area contributed by atoms with Gasteiger partial charge in [-0.2, -0.15) is 0 Å². The largest absolute Gasteiger partial charge is 0.496 e. The van der Waals surface area contributed by atoms with Crippen LogP contribution >= 0.6 is 0 Å². The van der Waals surface area contributed by atoms with Crippen LogP contribution in [0.15, 0.2) is 80.8 Å². The van der Waals surface area contributed by atoms with Gasteiger partial charge in [0.1, 0.15) is 17.6 Å². The van der Waals surface area contributed by atoms with Gasteiger partial charge in [0, 0.05) is 11.6 Å². The number of para-hydroxylation sites is 2. The van der Waals surface area contributed by atoms with E-state index in [1.165, 1.54) is 12.3 Å². The summed E-state index contributed by atoms with van der Waals surface area (Å²) in [5, 5.41) is 0.434. The van der Waals surface area contributed by atoms with Crippen molar-refractivity contribution in [2.45, 2.75) is 0 Å². The zero-order valence-corrected chi connectivity index (χ0v) is 14.9. The van der Waals surface area contributed by atoms with E-state index in [9.17, 15) is 9.59 Å². The van der Waals surface area contributed by atoms with Crippen molar-refractivity contribution in [3.05, 3.63) is 87.9 Å². The first-order chi connectivity index (χ1) is 13.7. The van der Waals surface area contributed by atoms with Crippen LogP contribution in [0.3, 0.4) is 0 Å². The second-order valence-corrected chi connectivity index (χ2v) is 5.96. The molecule has 0 spiro atoms. The number of carbonyl (C=O) groups is 1. The number of benzene rings is 2. The van der Waals surface area contributed by atoms with Crippen molar-refractivity contribution in [1.82, 2.24) is 0 Å². The molecule has 0 fully saturated rings. The number of fused-ring (bicyclic) bond motifs is 1. The van der Waals surface area contributed by atoms with Gasteiger partial charge in [-0.05, 0) is 30.4 Å².